The third-order valence-corrected chi connectivity index (χ3v) is 5.67. The molecule has 1 N–H and O–H groups in total. The van der Waals surface area contributed by atoms with Crippen LogP contribution in [0.1, 0.15) is 19.8 Å². The Kier molecular flexibility index (Phi) is 4.29. The lowest BCUT2D eigenvalue weighted by atomic mass is 9.96. The number of nitrogens with zero attached hydrogens (tertiary/aromatic N) is 1. The average Bonchev–Trinajstić information content (AvgIpc) is 2.38. The smallest absolute Gasteiger partial charge is 0.307 e. The number of piperidine rings is 1. The standard InChI is InChI=1S/C13H15F2NO4S/c1-8-2-3-9(13(17)18)7-16(8)21(19,20)12-5-4-10(14)6-11(12)15/h4-6,8-9H,2-3,7H2,1H3,(H,17,18). The minimum Gasteiger partial charge on any atom is -0.481 e. The normalized spacial score (nSPS) is 24.0. The first-order valence-corrected chi connectivity index (χ1v) is 7.87. The molecule has 1 aliphatic rings. The Morgan fingerprint density at radius 2 is 2.00 bits per heavy atom. The summed E-state index contributed by atoms with van der Waals surface area (Å²) in [5.74, 6) is -3.96. The first-order valence-electron chi connectivity index (χ1n) is 6.43. The molecule has 1 heterocycles. The molecule has 2 unspecified atom stereocenters. The van der Waals surface area contributed by atoms with Crippen molar-refractivity contribution in [3.05, 3.63) is 29.8 Å². The van der Waals surface area contributed by atoms with Crippen molar-refractivity contribution in [2.24, 2.45) is 5.92 Å². The number of aliphatic carboxylic acids is 1. The number of halogens is 2. The largest absolute Gasteiger partial charge is 0.481 e. The Balaban J connectivity index is 2.39. The molecule has 1 fully saturated rings. The number of hydrogen-bond donors (Lipinski definition) is 1. The van der Waals surface area contributed by atoms with Gasteiger partial charge in [0.15, 0.2) is 0 Å². The van der Waals surface area contributed by atoms with Gasteiger partial charge in [-0.15, -0.1) is 0 Å². The lowest BCUT2D eigenvalue weighted by Crippen LogP contribution is -2.47. The quantitative estimate of drug-likeness (QED) is 0.922. The Morgan fingerprint density at radius 1 is 1.33 bits per heavy atom. The second-order valence-electron chi connectivity index (χ2n) is 5.11. The monoisotopic (exact) mass is 319 g/mol. The third-order valence-electron chi connectivity index (χ3n) is 3.65. The van der Waals surface area contributed by atoms with Gasteiger partial charge in [0.2, 0.25) is 10.0 Å². The van der Waals surface area contributed by atoms with Gasteiger partial charge in [-0.2, -0.15) is 4.31 Å². The molecule has 21 heavy (non-hydrogen) atoms. The molecule has 2 rings (SSSR count). The predicted molar refractivity (Wildman–Crippen MR) is 70.1 cm³/mol. The van der Waals surface area contributed by atoms with E-state index in [0.29, 0.717) is 18.9 Å². The molecule has 0 saturated carbocycles. The maximum absolute atomic E-state index is 13.7. The zero-order chi connectivity index (χ0) is 15.8. The fraction of sp³-hybridized carbons (Fsp3) is 0.462. The summed E-state index contributed by atoms with van der Waals surface area (Å²) in [5.41, 5.74) is 0. The molecule has 0 radical (unpaired) electrons. The molecular weight excluding hydrogens is 304 g/mol. The fourth-order valence-corrected chi connectivity index (χ4v) is 4.18. The summed E-state index contributed by atoms with van der Waals surface area (Å²) in [6, 6.07) is 1.78. The maximum Gasteiger partial charge on any atom is 0.307 e. The average molecular weight is 319 g/mol. The predicted octanol–water partition coefficient (Wildman–Crippen LogP) is 1.84. The number of carbonyl (C=O) groups is 1. The van der Waals surface area contributed by atoms with E-state index >= 15 is 0 Å². The number of carboxylic acid groups (broad SMARTS) is 1. The van der Waals surface area contributed by atoms with Crippen LogP contribution in [0.2, 0.25) is 0 Å². The Hall–Kier alpha value is -1.54. The van der Waals surface area contributed by atoms with E-state index in [1.807, 2.05) is 0 Å². The van der Waals surface area contributed by atoms with Crippen molar-refractivity contribution in [3.8, 4) is 0 Å². The summed E-state index contributed by atoms with van der Waals surface area (Å²) in [5, 5.41) is 9.02. The molecule has 1 aromatic rings. The Morgan fingerprint density at radius 3 is 2.57 bits per heavy atom. The molecule has 0 aliphatic carbocycles. The zero-order valence-corrected chi connectivity index (χ0v) is 12.1. The zero-order valence-electron chi connectivity index (χ0n) is 11.3. The van der Waals surface area contributed by atoms with E-state index < -0.39 is 44.5 Å². The van der Waals surface area contributed by atoms with Crippen LogP contribution < -0.4 is 0 Å². The first kappa shape index (κ1) is 15.8. The fourth-order valence-electron chi connectivity index (χ4n) is 2.42. The van der Waals surface area contributed by atoms with Gasteiger partial charge < -0.3 is 5.11 Å². The number of sulfonamides is 1. The molecule has 0 amide bonds. The summed E-state index contributed by atoms with van der Waals surface area (Å²) < 4.78 is 52.5. The molecule has 0 spiro atoms. The van der Waals surface area contributed by atoms with Crippen LogP contribution in [0.5, 0.6) is 0 Å². The van der Waals surface area contributed by atoms with Crippen molar-refractivity contribution < 1.29 is 27.1 Å². The highest BCUT2D eigenvalue weighted by Crippen LogP contribution is 2.29. The van der Waals surface area contributed by atoms with Gasteiger partial charge in [0.05, 0.1) is 5.92 Å². The van der Waals surface area contributed by atoms with Crippen molar-refractivity contribution in [3.63, 3.8) is 0 Å². The number of rotatable bonds is 3. The van der Waals surface area contributed by atoms with Crippen molar-refractivity contribution in [2.75, 3.05) is 6.54 Å². The van der Waals surface area contributed by atoms with Crippen LogP contribution in [0.25, 0.3) is 0 Å². The summed E-state index contributed by atoms with van der Waals surface area (Å²) in [4.78, 5) is 10.4. The number of hydrogen-bond acceptors (Lipinski definition) is 3. The van der Waals surface area contributed by atoms with E-state index in [1.54, 1.807) is 6.92 Å². The highest BCUT2D eigenvalue weighted by Gasteiger charge is 2.38. The third kappa shape index (κ3) is 3.06. The Labute approximate surface area is 121 Å². The van der Waals surface area contributed by atoms with Gasteiger partial charge in [-0.25, -0.2) is 17.2 Å². The topological polar surface area (TPSA) is 74.7 Å². The van der Waals surface area contributed by atoms with E-state index in [4.69, 9.17) is 5.11 Å². The van der Waals surface area contributed by atoms with E-state index in [2.05, 4.69) is 0 Å². The maximum atomic E-state index is 13.7. The van der Waals surface area contributed by atoms with E-state index in [0.717, 1.165) is 16.4 Å². The molecule has 0 aromatic heterocycles. The summed E-state index contributed by atoms with van der Waals surface area (Å²) in [7, 11) is -4.20. The summed E-state index contributed by atoms with van der Waals surface area (Å²) >= 11 is 0. The lowest BCUT2D eigenvalue weighted by Gasteiger charge is -2.35. The van der Waals surface area contributed by atoms with Crippen molar-refractivity contribution in [2.45, 2.75) is 30.7 Å². The molecule has 116 valence electrons. The van der Waals surface area contributed by atoms with Crippen LogP contribution in [-0.2, 0) is 14.8 Å². The molecule has 2 atom stereocenters. The molecule has 5 nitrogen and oxygen atoms in total. The Bertz CT molecular complexity index is 662. The van der Waals surface area contributed by atoms with Crippen LogP contribution in [0.15, 0.2) is 23.1 Å². The van der Waals surface area contributed by atoms with Gasteiger partial charge >= 0.3 is 5.97 Å². The van der Waals surface area contributed by atoms with E-state index in [1.165, 1.54) is 0 Å². The van der Waals surface area contributed by atoms with E-state index in [-0.39, 0.29) is 6.54 Å². The lowest BCUT2D eigenvalue weighted by molar-refractivity contribution is -0.143. The van der Waals surface area contributed by atoms with Gasteiger partial charge in [-0.1, -0.05) is 0 Å². The van der Waals surface area contributed by atoms with Crippen LogP contribution in [0, 0.1) is 17.6 Å². The molecular formula is C13H15F2NO4S. The molecule has 1 aliphatic heterocycles. The summed E-state index contributed by atoms with van der Waals surface area (Å²) in [6.07, 6.45) is 0.743. The number of benzene rings is 1. The first-order chi connectivity index (χ1) is 9.73. The highest BCUT2D eigenvalue weighted by molar-refractivity contribution is 7.89. The van der Waals surface area contributed by atoms with E-state index in [9.17, 15) is 22.0 Å². The highest BCUT2D eigenvalue weighted by atomic mass is 32.2. The summed E-state index contributed by atoms with van der Waals surface area (Å²) in [6.45, 7) is 1.42. The van der Waals surface area contributed by atoms with Gasteiger partial charge in [-0.3, -0.25) is 4.79 Å². The molecule has 1 saturated heterocycles. The molecule has 0 bridgehead atoms. The van der Waals surface area contributed by atoms with Crippen LogP contribution in [0.3, 0.4) is 0 Å². The van der Waals surface area contributed by atoms with Crippen LogP contribution in [0.4, 0.5) is 8.78 Å². The SMILES string of the molecule is CC1CCC(C(=O)O)CN1S(=O)(=O)c1ccc(F)cc1F. The van der Waals surface area contributed by atoms with Crippen LogP contribution >= 0.6 is 0 Å². The van der Waals surface area contributed by atoms with Crippen LogP contribution in [-0.4, -0.2) is 36.4 Å². The van der Waals surface area contributed by atoms with Gasteiger partial charge in [0.1, 0.15) is 16.5 Å². The van der Waals surface area contributed by atoms with Gasteiger partial charge in [0, 0.05) is 18.7 Å². The second-order valence-corrected chi connectivity index (χ2v) is 6.97. The van der Waals surface area contributed by atoms with Gasteiger partial charge in [0.25, 0.3) is 0 Å². The second kappa shape index (κ2) is 5.69. The molecule has 8 heteroatoms. The number of carboxylic acids is 1. The van der Waals surface area contributed by atoms with Crippen molar-refractivity contribution in [1.82, 2.24) is 4.31 Å². The minimum absolute atomic E-state index is 0.213. The minimum atomic E-state index is -4.20. The van der Waals surface area contributed by atoms with Crippen molar-refractivity contribution >= 4 is 16.0 Å². The van der Waals surface area contributed by atoms with Crippen molar-refractivity contribution in [1.29, 1.82) is 0 Å². The van der Waals surface area contributed by atoms with Gasteiger partial charge in [-0.05, 0) is 31.9 Å². The molecule has 1 aromatic carbocycles.